The first-order valence-electron chi connectivity index (χ1n) is 7.17. The lowest BCUT2D eigenvalue weighted by Gasteiger charge is -2.09. The second-order valence-corrected chi connectivity index (χ2v) is 6.24. The van der Waals surface area contributed by atoms with Crippen molar-refractivity contribution >= 4 is 33.5 Å². The average Bonchev–Trinajstić information content (AvgIpc) is 2.51. The number of hydrogen-bond donors (Lipinski definition) is 1. The summed E-state index contributed by atoms with van der Waals surface area (Å²) in [5, 5.41) is 2.70. The van der Waals surface area contributed by atoms with Crippen LogP contribution in [0.3, 0.4) is 0 Å². The third kappa shape index (κ3) is 4.66. The minimum atomic E-state index is -0.504. The van der Waals surface area contributed by atoms with Crippen molar-refractivity contribution < 1.29 is 14.3 Å². The number of esters is 1. The van der Waals surface area contributed by atoms with Crippen LogP contribution in [0.5, 0.6) is 0 Å². The smallest absolute Gasteiger partial charge is 0.338 e. The molecule has 0 radical (unpaired) electrons. The maximum absolute atomic E-state index is 12.0. The monoisotopic (exact) mass is 375 g/mol. The van der Waals surface area contributed by atoms with Gasteiger partial charge in [0.1, 0.15) is 0 Å². The second-order valence-electron chi connectivity index (χ2n) is 5.39. The number of benzene rings is 2. The Labute approximate surface area is 144 Å². The summed E-state index contributed by atoms with van der Waals surface area (Å²) in [6.07, 6.45) is 0. The Morgan fingerprint density at radius 2 is 1.74 bits per heavy atom. The van der Waals surface area contributed by atoms with Gasteiger partial charge in [0.15, 0.2) is 6.61 Å². The quantitative estimate of drug-likeness (QED) is 0.815. The van der Waals surface area contributed by atoms with Gasteiger partial charge in [0.25, 0.3) is 5.91 Å². The molecule has 5 heteroatoms. The molecule has 120 valence electrons. The zero-order valence-electron chi connectivity index (χ0n) is 13.3. The normalized spacial score (nSPS) is 10.3. The summed E-state index contributed by atoms with van der Waals surface area (Å²) in [6.45, 7) is 5.51. The van der Waals surface area contributed by atoms with Gasteiger partial charge in [-0.2, -0.15) is 0 Å². The zero-order chi connectivity index (χ0) is 17.0. The van der Waals surface area contributed by atoms with E-state index in [1.54, 1.807) is 18.2 Å². The average molecular weight is 376 g/mol. The Balaban J connectivity index is 1.91. The van der Waals surface area contributed by atoms with Crippen LogP contribution in [0.25, 0.3) is 0 Å². The molecule has 0 unspecified atom stereocenters. The molecule has 0 fully saturated rings. The van der Waals surface area contributed by atoms with Gasteiger partial charge in [-0.1, -0.05) is 22.0 Å². The van der Waals surface area contributed by atoms with Gasteiger partial charge in [0, 0.05) is 10.2 Å². The van der Waals surface area contributed by atoms with Crippen LogP contribution in [0.1, 0.15) is 27.0 Å². The summed E-state index contributed by atoms with van der Waals surface area (Å²) in [5.41, 5.74) is 4.23. The first-order chi connectivity index (χ1) is 10.9. The van der Waals surface area contributed by atoms with Gasteiger partial charge >= 0.3 is 5.97 Å². The molecule has 1 N–H and O–H groups in total. The number of rotatable bonds is 4. The Bertz CT molecular complexity index is 756. The molecule has 0 aliphatic rings. The number of amides is 1. The molecular formula is C18H18BrNO3. The Morgan fingerprint density at radius 1 is 1.00 bits per heavy atom. The van der Waals surface area contributed by atoms with Gasteiger partial charge in [-0.05, 0) is 67.8 Å². The van der Waals surface area contributed by atoms with Crippen LogP contribution in [0, 0.1) is 20.8 Å². The highest BCUT2D eigenvalue weighted by molar-refractivity contribution is 9.10. The fraction of sp³-hybridized carbons (Fsp3) is 0.222. The lowest BCUT2D eigenvalue weighted by molar-refractivity contribution is -0.119. The van der Waals surface area contributed by atoms with Gasteiger partial charge in [0.05, 0.1) is 5.56 Å². The predicted molar refractivity (Wildman–Crippen MR) is 93.7 cm³/mol. The molecule has 0 saturated carbocycles. The van der Waals surface area contributed by atoms with E-state index in [9.17, 15) is 9.59 Å². The molecule has 0 aromatic heterocycles. The summed E-state index contributed by atoms with van der Waals surface area (Å²) < 4.78 is 6.02. The van der Waals surface area contributed by atoms with E-state index in [0.29, 0.717) is 11.3 Å². The molecular weight excluding hydrogens is 358 g/mol. The number of carbonyl (C=O) groups excluding carboxylic acids is 2. The standard InChI is InChI=1S/C18H18BrNO3/c1-11-4-5-14(8-12(11)2)18(22)23-10-17(21)20-15-6-7-16(19)13(3)9-15/h4-9H,10H2,1-3H3,(H,20,21). The number of carbonyl (C=O) groups is 2. The van der Waals surface area contributed by atoms with Crippen LogP contribution in [0.2, 0.25) is 0 Å². The maximum atomic E-state index is 12.0. The zero-order valence-corrected chi connectivity index (χ0v) is 14.9. The topological polar surface area (TPSA) is 55.4 Å². The van der Waals surface area contributed by atoms with E-state index in [4.69, 9.17) is 4.74 Å². The van der Waals surface area contributed by atoms with Crippen molar-refractivity contribution in [3.05, 3.63) is 63.1 Å². The van der Waals surface area contributed by atoms with E-state index in [-0.39, 0.29) is 12.5 Å². The first kappa shape index (κ1) is 17.2. The van der Waals surface area contributed by atoms with Crippen molar-refractivity contribution in [1.82, 2.24) is 0 Å². The van der Waals surface area contributed by atoms with Crippen molar-refractivity contribution in [3.63, 3.8) is 0 Å². The largest absolute Gasteiger partial charge is 0.452 e. The van der Waals surface area contributed by atoms with Crippen LogP contribution < -0.4 is 5.32 Å². The summed E-state index contributed by atoms with van der Waals surface area (Å²) in [7, 11) is 0. The molecule has 23 heavy (non-hydrogen) atoms. The van der Waals surface area contributed by atoms with E-state index < -0.39 is 5.97 Å². The number of halogens is 1. The van der Waals surface area contributed by atoms with Crippen LogP contribution in [-0.2, 0) is 9.53 Å². The minimum absolute atomic E-state index is 0.319. The fourth-order valence-corrected chi connectivity index (χ4v) is 2.25. The highest BCUT2D eigenvalue weighted by Crippen LogP contribution is 2.20. The second kappa shape index (κ2) is 7.42. The number of ether oxygens (including phenoxy) is 1. The Kier molecular flexibility index (Phi) is 5.55. The summed E-state index contributed by atoms with van der Waals surface area (Å²) in [5.74, 6) is -0.876. The molecule has 2 rings (SSSR count). The number of nitrogens with one attached hydrogen (secondary N) is 1. The first-order valence-corrected chi connectivity index (χ1v) is 7.96. The molecule has 0 saturated heterocycles. The van der Waals surface area contributed by atoms with Crippen LogP contribution in [0.15, 0.2) is 40.9 Å². The van der Waals surface area contributed by atoms with Crippen LogP contribution in [-0.4, -0.2) is 18.5 Å². The fourth-order valence-electron chi connectivity index (χ4n) is 2.00. The van der Waals surface area contributed by atoms with Gasteiger partial charge in [-0.15, -0.1) is 0 Å². The molecule has 0 spiro atoms. The summed E-state index contributed by atoms with van der Waals surface area (Å²) in [6, 6.07) is 10.8. The van der Waals surface area contributed by atoms with E-state index in [1.165, 1.54) is 0 Å². The van der Waals surface area contributed by atoms with Crippen LogP contribution in [0.4, 0.5) is 5.69 Å². The number of aryl methyl sites for hydroxylation is 3. The highest BCUT2D eigenvalue weighted by Gasteiger charge is 2.11. The Hall–Kier alpha value is -2.14. The van der Waals surface area contributed by atoms with Gasteiger partial charge in [0.2, 0.25) is 0 Å². The van der Waals surface area contributed by atoms with Crippen molar-refractivity contribution in [1.29, 1.82) is 0 Å². The van der Waals surface area contributed by atoms with Gasteiger partial charge < -0.3 is 10.1 Å². The number of anilines is 1. The van der Waals surface area contributed by atoms with E-state index >= 15 is 0 Å². The van der Waals surface area contributed by atoms with Crippen molar-refractivity contribution in [3.8, 4) is 0 Å². The summed E-state index contributed by atoms with van der Waals surface area (Å²) in [4.78, 5) is 23.8. The Morgan fingerprint density at radius 3 is 2.39 bits per heavy atom. The lowest BCUT2D eigenvalue weighted by atomic mass is 10.1. The molecule has 0 bridgehead atoms. The molecule has 0 aliphatic heterocycles. The number of hydrogen-bond acceptors (Lipinski definition) is 3. The van der Waals surface area contributed by atoms with Crippen molar-refractivity contribution in [2.24, 2.45) is 0 Å². The molecule has 4 nitrogen and oxygen atoms in total. The van der Waals surface area contributed by atoms with Gasteiger partial charge in [-0.25, -0.2) is 4.79 Å². The molecule has 0 atom stereocenters. The predicted octanol–water partition coefficient (Wildman–Crippen LogP) is 4.17. The van der Waals surface area contributed by atoms with E-state index in [2.05, 4.69) is 21.2 Å². The van der Waals surface area contributed by atoms with Crippen LogP contribution >= 0.6 is 15.9 Å². The minimum Gasteiger partial charge on any atom is -0.452 e. The van der Waals surface area contributed by atoms with E-state index in [1.807, 2.05) is 39.0 Å². The third-order valence-electron chi connectivity index (χ3n) is 3.52. The molecule has 2 aromatic rings. The van der Waals surface area contributed by atoms with Gasteiger partial charge in [-0.3, -0.25) is 4.79 Å². The maximum Gasteiger partial charge on any atom is 0.338 e. The molecule has 0 heterocycles. The summed E-state index contributed by atoms with van der Waals surface area (Å²) >= 11 is 3.40. The molecule has 0 aliphatic carbocycles. The molecule has 2 aromatic carbocycles. The van der Waals surface area contributed by atoms with Crippen molar-refractivity contribution in [2.45, 2.75) is 20.8 Å². The van der Waals surface area contributed by atoms with Crippen molar-refractivity contribution in [2.75, 3.05) is 11.9 Å². The highest BCUT2D eigenvalue weighted by atomic mass is 79.9. The molecule has 1 amide bonds. The third-order valence-corrected chi connectivity index (χ3v) is 4.41. The van der Waals surface area contributed by atoms with E-state index in [0.717, 1.165) is 21.2 Å². The SMILES string of the molecule is Cc1ccc(C(=O)OCC(=O)Nc2ccc(Br)c(C)c2)cc1C. The lowest BCUT2D eigenvalue weighted by Crippen LogP contribution is -2.21.